The third-order valence-electron chi connectivity index (χ3n) is 4.05. The van der Waals surface area contributed by atoms with Gasteiger partial charge in [0, 0.05) is 11.4 Å². The number of ether oxygens (including phenoxy) is 1. The molecule has 1 amide bonds. The summed E-state index contributed by atoms with van der Waals surface area (Å²) in [5.74, 6) is 0.931. The summed E-state index contributed by atoms with van der Waals surface area (Å²) < 4.78 is 6.96. The van der Waals surface area contributed by atoms with Gasteiger partial charge < -0.3 is 14.6 Å². The van der Waals surface area contributed by atoms with Crippen molar-refractivity contribution >= 4 is 51.9 Å². The number of nitrogens with zero attached hydrogens (tertiary/aromatic N) is 4. The molecule has 8 nitrogen and oxygen atoms in total. The fraction of sp³-hybridized carbons (Fsp3) is 0.286. The van der Waals surface area contributed by atoms with Crippen molar-refractivity contribution in [3.8, 4) is 0 Å². The number of aromatic nitrogens is 4. The number of anilines is 1. The lowest BCUT2D eigenvalue weighted by Crippen LogP contribution is -2.14. The van der Waals surface area contributed by atoms with Gasteiger partial charge in [0.1, 0.15) is 10.7 Å². The molecule has 3 rings (SSSR count). The molecule has 0 bridgehead atoms. The summed E-state index contributed by atoms with van der Waals surface area (Å²) in [5.41, 5.74) is 0.530. The highest BCUT2D eigenvalue weighted by molar-refractivity contribution is 7.99. The Morgan fingerprint density at radius 3 is 2.75 bits per heavy atom. The molecule has 1 aromatic carbocycles. The summed E-state index contributed by atoms with van der Waals surface area (Å²) in [4.78, 5) is 30.1. The Balaban J connectivity index is 1.59. The van der Waals surface area contributed by atoms with E-state index in [-0.39, 0.29) is 18.3 Å². The molecule has 0 aliphatic carbocycles. The van der Waals surface area contributed by atoms with Gasteiger partial charge in [-0.15, -0.1) is 28.5 Å². The van der Waals surface area contributed by atoms with Gasteiger partial charge in [-0.25, -0.2) is 9.78 Å². The van der Waals surface area contributed by atoms with Crippen LogP contribution in [0.5, 0.6) is 0 Å². The number of nitrogens with one attached hydrogen (secondary N) is 1. The minimum absolute atomic E-state index is 0.133. The number of carbonyl (C=O) groups is 2. The first kappa shape index (κ1) is 24.0. The largest absolute Gasteiger partial charge is 0.462 e. The number of amides is 1. The molecule has 2 aromatic heterocycles. The normalized spacial score (nSPS) is 10.7. The van der Waals surface area contributed by atoms with Crippen LogP contribution in [0.25, 0.3) is 0 Å². The van der Waals surface area contributed by atoms with E-state index in [1.54, 1.807) is 31.7 Å². The predicted octanol–water partition coefficient (Wildman–Crippen LogP) is 4.43. The van der Waals surface area contributed by atoms with Crippen LogP contribution < -0.4 is 5.32 Å². The summed E-state index contributed by atoms with van der Waals surface area (Å²) in [7, 11) is 0. The fourth-order valence-corrected chi connectivity index (χ4v) is 5.13. The Hall–Kier alpha value is -2.63. The zero-order valence-electron chi connectivity index (χ0n) is 17.7. The number of hydrogen-bond donors (Lipinski definition) is 1. The molecule has 0 radical (unpaired) electrons. The highest BCUT2D eigenvalue weighted by Gasteiger charge is 2.18. The van der Waals surface area contributed by atoms with E-state index in [0.29, 0.717) is 33.2 Å². The second kappa shape index (κ2) is 11.8. The van der Waals surface area contributed by atoms with Gasteiger partial charge in [-0.2, -0.15) is 0 Å². The Kier molecular flexibility index (Phi) is 8.89. The van der Waals surface area contributed by atoms with Gasteiger partial charge in [-0.3, -0.25) is 4.79 Å². The third-order valence-corrected chi connectivity index (χ3v) is 7.08. The maximum atomic E-state index is 12.4. The Morgan fingerprint density at radius 2 is 2.03 bits per heavy atom. The number of aryl methyl sites for hydroxylation is 1. The van der Waals surface area contributed by atoms with Crippen molar-refractivity contribution in [1.29, 1.82) is 0 Å². The van der Waals surface area contributed by atoms with Crippen LogP contribution in [0.3, 0.4) is 0 Å². The second-order valence-corrected chi connectivity index (χ2v) is 9.38. The van der Waals surface area contributed by atoms with E-state index < -0.39 is 5.97 Å². The molecule has 0 aliphatic heterocycles. The zero-order valence-corrected chi connectivity index (χ0v) is 20.2. The van der Waals surface area contributed by atoms with Crippen molar-refractivity contribution in [1.82, 2.24) is 19.7 Å². The molecule has 0 fully saturated rings. The highest BCUT2D eigenvalue weighted by Crippen LogP contribution is 2.26. The maximum absolute atomic E-state index is 12.4. The molecule has 32 heavy (non-hydrogen) atoms. The van der Waals surface area contributed by atoms with Crippen LogP contribution in [-0.2, 0) is 21.8 Å². The van der Waals surface area contributed by atoms with Crippen molar-refractivity contribution in [3.05, 3.63) is 59.4 Å². The molecular formula is C21H23N5O3S3. The van der Waals surface area contributed by atoms with Crippen molar-refractivity contribution in [2.24, 2.45) is 0 Å². The van der Waals surface area contributed by atoms with E-state index >= 15 is 0 Å². The van der Waals surface area contributed by atoms with Gasteiger partial charge >= 0.3 is 5.97 Å². The lowest BCUT2D eigenvalue weighted by Gasteiger charge is -2.07. The number of esters is 1. The number of hydrogen-bond acceptors (Lipinski definition) is 9. The monoisotopic (exact) mass is 489 g/mol. The van der Waals surface area contributed by atoms with Gasteiger partial charge in [0.15, 0.2) is 10.3 Å². The number of rotatable bonds is 11. The van der Waals surface area contributed by atoms with Gasteiger partial charge in [0.05, 0.1) is 23.8 Å². The quantitative estimate of drug-likeness (QED) is 0.240. The number of thioether (sulfide) groups is 2. The number of benzene rings is 1. The lowest BCUT2D eigenvalue weighted by atomic mass is 10.4. The van der Waals surface area contributed by atoms with Gasteiger partial charge in [0.25, 0.3) is 0 Å². The molecule has 168 valence electrons. The van der Waals surface area contributed by atoms with Crippen LogP contribution in [0.15, 0.2) is 53.0 Å². The zero-order chi connectivity index (χ0) is 22.9. The third kappa shape index (κ3) is 6.44. The topological polar surface area (TPSA) is 99.0 Å². The van der Waals surface area contributed by atoms with Crippen molar-refractivity contribution in [2.75, 3.05) is 17.7 Å². The van der Waals surface area contributed by atoms with Crippen molar-refractivity contribution in [2.45, 2.75) is 36.2 Å². The number of carbonyl (C=O) groups excluding carboxylic acids is 2. The van der Waals surface area contributed by atoms with E-state index in [4.69, 9.17) is 4.74 Å². The lowest BCUT2D eigenvalue weighted by molar-refractivity contribution is -0.113. The first-order valence-corrected chi connectivity index (χ1v) is 12.6. The molecule has 2 heterocycles. The molecule has 0 saturated carbocycles. The standard InChI is InChI=1S/C21H23N5O3S3/c1-4-11-26-16(12-30-15-9-7-6-8-10-15)24-25-21(26)31-13-17(27)23-20-22-14(3)18(32-20)19(28)29-5-2/h4,6-10H,1,5,11-13H2,2-3H3,(H,22,23,27). The van der Waals surface area contributed by atoms with Crippen LogP contribution in [-0.4, -0.2) is 44.0 Å². The average Bonchev–Trinajstić information content (AvgIpc) is 3.34. The molecule has 1 N–H and O–H groups in total. The molecule has 0 atom stereocenters. The van der Waals surface area contributed by atoms with E-state index in [2.05, 4.69) is 27.1 Å². The first-order chi connectivity index (χ1) is 15.5. The van der Waals surface area contributed by atoms with Crippen molar-refractivity contribution < 1.29 is 14.3 Å². The smallest absolute Gasteiger partial charge is 0.350 e. The minimum Gasteiger partial charge on any atom is -0.462 e. The van der Waals surface area contributed by atoms with E-state index in [0.717, 1.165) is 22.1 Å². The van der Waals surface area contributed by atoms with E-state index in [1.807, 2.05) is 34.9 Å². The summed E-state index contributed by atoms with van der Waals surface area (Å²) >= 11 is 4.06. The van der Waals surface area contributed by atoms with Crippen molar-refractivity contribution in [3.63, 3.8) is 0 Å². The molecule has 3 aromatic rings. The van der Waals surface area contributed by atoms with Crippen LogP contribution in [0.2, 0.25) is 0 Å². The van der Waals surface area contributed by atoms with E-state index in [1.165, 1.54) is 11.8 Å². The molecule has 0 spiro atoms. The second-order valence-electron chi connectivity index (χ2n) is 6.39. The van der Waals surface area contributed by atoms with Crippen LogP contribution >= 0.6 is 34.9 Å². The molecule has 0 aliphatic rings. The predicted molar refractivity (Wildman–Crippen MR) is 128 cm³/mol. The minimum atomic E-state index is -0.434. The fourth-order valence-electron chi connectivity index (χ4n) is 2.63. The molecule has 11 heteroatoms. The number of thiazole rings is 1. The van der Waals surface area contributed by atoms with Crippen LogP contribution in [0.1, 0.15) is 28.1 Å². The van der Waals surface area contributed by atoms with Gasteiger partial charge in [-0.1, -0.05) is 47.4 Å². The highest BCUT2D eigenvalue weighted by atomic mass is 32.2. The SMILES string of the molecule is C=CCn1c(CSc2ccccc2)nnc1SCC(=O)Nc1nc(C)c(C(=O)OCC)s1. The Bertz CT molecular complexity index is 1080. The summed E-state index contributed by atoms with van der Waals surface area (Å²) in [6.45, 7) is 8.09. The van der Waals surface area contributed by atoms with Crippen LogP contribution in [0, 0.1) is 6.92 Å². The average molecular weight is 490 g/mol. The number of allylic oxidation sites excluding steroid dienone is 1. The Labute approximate surface area is 198 Å². The van der Waals surface area contributed by atoms with Gasteiger partial charge in [-0.05, 0) is 26.0 Å². The Morgan fingerprint density at radius 1 is 1.25 bits per heavy atom. The molecule has 0 saturated heterocycles. The first-order valence-electron chi connectivity index (χ1n) is 9.79. The summed E-state index contributed by atoms with van der Waals surface area (Å²) in [6.07, 6.45) is 1.78. The maximum Gasteiger partial charge on any atom is 0.350 e. The summed E-state index contributed by atoms with van der Waals surface area (Å²) in [6, 6.07) is 10.1. The molecular weight excluding hydrogens is 466 g/mol. The summed E-state index contributed by atoms with van der Waals surface area (Å²) in [5, 5.41) is 12.3. The van der Waals surface area contributed by atoms with Crippen LogP contribution in [0.4, 0.5) is 5.13 Å². The van der Waals surface area contributed by atoms with Gasteiger partial charge in [0.2, 0.25) is 5.91 Å². The van der Waals surface area contributed by atoms with E-state index in [9.17, 15) is 9.59 Å². The molecule has 0 unspecified atom stereocenters.